The second-order valence-corrected chi connectivity index (χ2v) is 13.2. The molecule has 3 nitrogen and oxygen atoms in total. The largest absolute Gasteiger partial charge is 0.350 e. The maximum Gasteiger partial charge on any atom is 0.131 e. The summed E-state index contributed by atoms with van der Waals surface area (Å²) in [5, 5.41) is 20.4. The summed E-state index contributed by atoms with van der Waals surface area (Å²) in [6.07, 6.45) is -0.434. The third-order valence-corrected chi connectivity index (χ3v) is 10.3. The molecule has 50 heavy (non-hydrogen) atoms. The Labute approximate surface area is 290 Å². The molecular weight excluding hydrogens is 607 g/mol. The van der Waals surface area contributed by atoms with Crippen molar-refractivity contribution in [2.45, 2.75) is 12.3 Å². The Kier molecular flexibility index (Phi) is 6.71. The number of nitrogens with zero attached hydrogens (tertiary/aromatic N) is 1. The van der Waals surface area contributed by atoms with Crippen LogP contribution in [0.1, 0.15) is 29.0 Å². The maximum absolute atomic E-state index is 5.26. The van der Waals surface area contributed by atoms with Crippen molar-refractivity contribution in [2.24, 2.45) is 4.99 Å². The molecule has 0 saturated carbocycles. The molecule has 1 aliphatic heterocycles. The number of rotatable bonds is 4. The number of benzene rings is 9. The quantitative estimate of drug-likeness (QED) is 0.188. The lowest BCUT2D eigenvalue weighted by atomic mass is 9.86. The van der Waals surface area contributed by atoms with Crippen LogP contribution in [0.5, 0.6) is 0 Å². The first-order valence-corrected chi connectivity index (χ1v) is 17.3. The molecule has 1 aliphatic rings. The van der Waals surface area contributed by atoms with Crippen molar-refractivity contribution in [3.05, 3.63) is 193 Å². The molecule has 0 radical (unpaired) electrons. The fourth-order valence-electron chi connectivity index (χ4n) is 7.99. The van der Waals surface area contributed by atoms with Gasteiger partial charge in [-0.2, -0.15) is 0 Å². The van der Waals surface area contributed by atoms with Gasteiger partial charge in [-0.05, 0) is 88.2 Å². The minimum atomic E-state index is -0.238. The van der Waals surface area contributed by atoms with Gasteiger partial charge in [0.1, 0.15) is 18.2 Å². The van der Waals surface area contributed by atoms with Gasteiger partial charge in [-0.25, -0.2) is 4.99 Å². The maximum atomic E-state index is 5.26. The van der Waals surface area contributed by atoms with Crippen molar-refractivity contribution in [1.29, 1.82) is 0 Å². The van der Waals surface area contributed by atoms with Gasteiger partial charge in [0.25, 0.3) is 0 Å². The Morgan fingerprint density at radius 1 is 0.420 bits per heavy atom. The van der Waals surface area contributed by atoms with E-state index in [1.165, 1.54) is 70.6 Å². The molecule has 9 aromatic carbocycles. The SMILES string of the molecule is c1ccc(C2=NC(c3ccc4ccccc4c3)NC(c3ccccc3-c3cc4c5ccccc5c5ccccc5c4c4ccccc34)N2)cc1. The van der Waals surface area contributed by atoms with Gasteiger partial charge in [0.05, 0.1) is 0 Å². The number of nitrogens with one attached hydrogen (secondary N) is 2. The van der Waals surface area contributed by atoms with E-state index in [0.29, 0.717) is 0 Å². The van der Waals surface area contributed by atoms with E-state index in [2.05, 4.69) is 187 Å². The van der Waals surface area contributed by atoms with Crippen molar-refractivity contribution in [3.8, 4) is 11.1 Å². The zero-order valence-electron chi connectivity index (χ0n) is 27.3. The summed E-state index contributed by atoms with van der Waals surface area (Å²) in [5.41, 5.74) is 5.79. The zero-order valence-corrected chi connectivity index (χ0v) is 27.3. The molecule has 0 aliphatic carbocycles. The first-order chi connectivity index (χ1) is 24.8. The van der Waals surface area contributed by atoms with E-state index in [9.17, 15) is 0 Å². The van der Waals surface area contributed by atoms with Crippen LogP contribution in [-0.2, 0) is 0 Å². The van der Waals surface area contributed by atoms with Crippen LogP contribution in [0, 0.1) is 0 Å². The van der Waals surface area contributed by atoms with Gasteiger partial charge < -0.3 is 5.32 Å². The van der Waals surface area contributed by atoms with E-state index in [1.54, 1.807) is 0 Å². The van der Waals surface area contributed by atoms with Crippen LogP contribution in [0.2, 0.25) is 0 Å². The minimum absolute atomic E-state index is 0.196. The van der Waals surface area contributed by atoms with Crippen LogP contribution in [-0.4, -0.2) is 5.84 Å². The van der Waals surface area contributed by atoms with Gasteiger partial charge in [0.2, 0.25) is 0 Å². The molecule has 2 atom stereocenters. The Morgan fingerprint density at radius 3 is 1.78 bits per heavy atom. The van der Waals surface area contributed by atoms with Gasteiger partial charge in [-0.15, -0.1) is 0 Å². The lowest BCUT2D eigenvalue weighted by molar-refractivity contribution is 0.410. The summed E-state index contributed by atoms with van der Waals surface area (Å²) in [4.78, 5) is 5.26. The fourth-order valence-corrected chi connectivity index (χ4v) is 7.99. The van der Waals surface area contributed by atoms with Crippen LogP contribution in [0.3, 0.4) is 0 Å². The topological polar surface area (TPSA) is 36.4 Å². The smallest absolute Gasteiger partial charge is 0.131 e. The molecule has 0 amide bonds. The normalized spacial score (nSPS) is 16.2. The Balaban J connectivity index is 1.19. The molecule has 1 heterocycles. The highest BCUT2D eigenvalue weighted by Crippen LogP contribution is 2.44. The number of amidine groups is 1. The molecule has 0 spiro atoms. The standard InChI is InChI=1S/C47H33N3/c1-2-15-31(16-3-1)45-48-46(33-27-26-30-14-4-5-17-32(30)28-33)50-47(49-45)41-25-13-10-22-38(41)42-29-43-36-20-7-6-18-34(36)35-19-8-11-23-39(35)44(43)40-24-12-9-21-37(40)42/h1-29,46-47,50H,(H,48,49). The van der Waals surface area contributed by atoms with Crippen LogP contribution >= 0.6 is 0 Å². The summed E-state index contributed by atoms with van der Waals surface area (Å²) in [6, 6.07) is 63.5. The molecular formula is C47H33N3. The predicted octanol–water partition coefficient (Wildman–Crippen LogP) is 11.5. The lowest BCUT2D eigenvalue weighted by Crippen LogP contribution is -2.45. The zero-order chi connectivity index (χ0) is 33.0. The van der Waals surface area contributed by atoms with E-state index < -0.39 is 0 Å². The molecule has 2 unspecified atom stereocenters. The van der Waals surface area contributed by atoms with Crippen LogP contribution in [0.15, 0.2) is 181 Å². The summed E-state index contributed by atoms with van der Waals surface area (Å²) in [6.45, 7) is 0. The summed E-state index contributed by atoms with van der Waals surface area (Å²) in [5.74, 6) is 0.878. The van der Waals surface area contributed by atoms with Gasteiger partial charge in [0, 0.05) is 5.56 Å². The number of hydrogen-bond acceptors (Lipinski definition) is 3. The summed E-state index contributed by atoms with van der Waals surface area (Å²) in [7, 11) is 0. The van der Waals surface area contributed by atoms with Crippen molar-refractivity contribution >= 4 is 59.7 Å². The Bertz CT molecular complexity index is 2780. The first-order valence-electron chi connectivity index (χ1n) is 17.3. The van der Waals surface area contributed by atoms with Crippen molar-refractivity contribution < 1.29 is 0 Å². The van der Waals surface area contributed by atoms with Gasteiger partial charge in [-0.3, -0.25) is 5.32 Å². The highest BCUT2D eigenvalue weighted by atomic mass is 15.3. The monoisotopic (exact) mass is 639 g/mol. The second-order valence-electron chi connectivity index (χ2n) is 13.2. The molecule has 0 bridgehead atoms. The van der Waals surface area contributed by atoms with Gasteiger partial charge >= 0.3 is 0 Å². The van der Waals surface area contributed by atoms with Crippen LogP contribution < -0.4 is 10.6 Å². The van der Waals surface area contributed by atoms with Crippen molar-refractivity contribution in [3.63, 3.8) is 0 Å². The third kappa shape index (κ3) is 4.67. The lowest BCUT2D eigenvalue weighted by Gasteiger charge is -2.33. The van der Waals surface area contributed by atoms with E-state index >= 15 is 0 Å². The van der Waals surface area contributed by atoms with E-state index in [1.807, 2.05) is 0 Å². The molecule has 9 aromatic rings. The van der Waals surface area contributed by atoms with Crippen molar-refractivity contribution in [1.82, 2.24) is 10.6 Å². The van der Waals surface area contributed by atoms with E-state index in [0.717, 1.165) is 17.0 Å². The number of hydrogen-bond donors (Lipinski definition) is 2. The molecule has 0 aromatic heterocycles. The molecule has 3 heteroatoms. The predicted molar refractivity (Wildman–Crippen MR) is 211 cm³/mol. The Morgan fingerprint density at radius 2 is 1.00 bits per heavy atom. The average molecular weight is 640 g/mol. The second kappa shape index (κ2) is 11.7. The van der Waals surface area contributed by atoms with Crippen molar-refractivity contribution in [2.75, 3.05) is 0 Å². The minimum Gasteiger partial charge on any atom is -0.350 e. The molecule has 10 rings (SSSR count). The Hall–Kier alpha value is -6.29. The highest BCUT2D eigenvalue weighted by Gasteiger charge is 2.28. The van der Waals surface area contributed by atoms with Crippen LogP contribution in [0.25, 0.3) is 65.0 Å². The van der Waals surface area contributed by atoms with Crippen LogP contribution in [0.4, 0.5) is 0 Å². The average Bonchev–Trinajstić information content (AvgIpc) is 3.20. The number of aliphatic imine (C=N–C) groups is 1. The summed E-state index contributed by atoms with van der Waals surface area (Å²) >= 11 is 0. The molecule has 236 valence electrons. The van der Waals surface area contributed by atoms with Gasteiger partial charge in [0.15, 0.2) is 0 Å². The van der Waals surface area contributed by atoms with E-state index in [4.69, 9.17) is 4.99 Å². The first kappa shape index (κ1) is 28.7. The van der Waals surface area contributed by atoms with E-state index in [-0.39, 0.29) is 12.3 Å². The summed E-state index contributed by atoms with van der Waals surface area (Å²) < 4.78 is 0. The number of fused-ring (bicyclic) bond motifs is 9. The van der Waals surface area contributed by atoms with Gasteiger partial charge in [-0.1, -0.05) is 164 Å². The molecule has 0 fully saturated rings. The molecule has 0 saturated heterocycles. The fraction of sp³-hybridized carbons (Fsp3) is 0.0426. The molecule has 2 N–H and O–H groups in total. The third-order valence-electron chi connectivity index (χ3n) is 10.3. The highest BCUT2D eigenvalue weighted by molar-refractivity contribution is 6.33.